The number of nitrogens with one attached hydrogen (secondary N) is 1. The number of thiocarbonyl (C=S) groups is 1. The number of hydrazine groups is 1. The normalized spacial score (nSPS) is 15.3. The van der Waals surface area contributed by atoms with E-state index in [0.717, 1.165) is 50.5 Å². The van der Waals surface area contributed by atoms with E-state index in [-0.39, 0.29) is 17.3 Å². The molecular weight excluding hydrogens is 482 g/mol. The van der Waals surface area contributed by atoms with Gasteiger partial charge >= 0.3 is 5.97 Å². The number of nitrogens with zero attached hydrogens (tertiary/aromatic N) is 1. The van der Waals surface area contributed by atoms with E-state index in [9.17, 15) is 18.4 Å². The number of benzene rings is 1. The zero-order valence-electron chi connectivity index (χ0n) is 15.4. The molecular formula is C20H12F2N2O3S4. The molecule has 0 spiro atoms. The van der Waals surface area contributed by atoms with Crippen molar-refractivity contribution < 1.29 is 23.5 Å². The molecule has 158 valence electrons. The zero-order valence-corrected chi connectivity index (χ0v) is 18.7. The van der Waals surface area contributed by atoms with Gasteiger partial charge in [0.1, 0.15) is 4.88 Å². The van der Waals surface area contributed by atoms with Gasteiger partial charge in [-0.2, -0.15) is 0 Å². The fourth-order valence-corrected chi connectivity index (χ4v) is 5.64. The lowest BCUT2D eigenvalue weighted by atomic mass is 10.1. The minimum Gasteiger partial charge on any atom is -0.477 e. The Morgan fingerprint density at radius 2 is 1.97 bits per heavy atom. The first-order valence-electron chi connectivity index (χ1n) is 8.69. The monoisotopic (exact) mass is 494 g/mol. The topological polar surface area (TPSA) is 69.6 Å². The molecule has 4 rings (SSSR count). The van der Waals surface area contributed by atoms with Crippen LogP contribution in [-0.2, 0) is 11.3 Å². The number of halogens is 2. The first-order chi connectivity index (χ1) is 14.8. The molecule has 3 heterocycles. The lowest BCUT2D eigenvalue weighted by Crippen LogP contribution is -2.40. The zero-order chi connectivity index (χ0) is 22.1. The number of hydrogen-bond acceptors (Lipinski definition) is 7. The van der Waals surface area contributed by atoms with Crippen molar-refractivity contribution in [1.29, 1.82) is 0 Å². The maximum atomic E-state index is 13.5. The van der Waals surface area contributed by atoms with Gasteiger partial charge in [-0.3, -0.25) is 4.79 Å². The summed E-state index contributed by atoms with van der Waals surface area (Å²) in [5, 5.41) is 12.1. The number of carbonyl (C=O) groups is 2. The number of thiophene rings is 2. The number of thioether (sulfide) groups is 1. The average molecular weight is 495 g/mol. The summed E-state index contributed by atoms with van der Waals surface area (Å²) in [6.07, 6.45) is 1.70. The molecule has 31 heavy (non-hydrogen) atoms. The number of amides is 1. The molecule has 1 fully saturated rings. The van der Waals surface area contributed by atoms with Crippen LogP contribution in [0.15, 0.2) is 46.7 Å². The van der Waals surface area contributed by atoms with Gasteiger partial charge in [-0.25, -0.2) is 24.0 Å². The Morgan fingerprint density at radius 3 is 2.68 bits per heavy atom. The van der Waals surface area contributed by atoms with Crippen LogP contribution in [0.3, 0.4) is 0 Å². The van der Waals surface area contributed by atoms with Gasteiger partial charge in [0, 0.05) is 9.75 Å². The van der Waals surface area contributed by atoms with Crippen LogP contribution in [0, 0.1) is 11.6 Å². The maximum Gasteiger partial charge on any atom is 0.345 e. The summed E-state index contributed by atoms with van der Waals surface area (Å²) in [6, 6.07) is 8.68. The van der Waals surface area contributed by atoms with Gasteiger partial charge in [-0.1, -0.05) is 30.0 Å². The lowest BCUT2D eigenvalue weighted by molar-refractivity contribution is -0.124. The summed E-state index contributed by atoms with van der Waals surface area (Å²) in [7, 11) is 0. The van der Waals surface area contributed by atoms with E-state index in [1.165, 1.54) is 28.5 Å². The molecule has 0 bridgehead atoms. The molecule has 2 N–H and O–H groups in total. The molecule has 1 aliphatic heterocycles. The van der Waals surface area contributed by atoms with Crippen molar-refractivity contribution in [2.45, 2.75) is 6.54 Å². The maximum absolute atomic E-state index is 13.5. The molecule has 0 atom stereocenters. The van der Waals surface area contributed by atoms with Gasteiger partial charge in [-0.15, -0.1) is 22.7 Å². The summed E-state index contributed by atoms with van der Waals surface area (Å²) >= 11 is 8.91. The predicted octanol–water partition coefficient (Wildman–Crippen LogP) is 5.36. The van der Waals surface area contributed by atoms with Crippen LogP contribution in [0.1, 0.15) is 19.4 Å². The first-order valence-corrected chi connectivity index (χ1v) is 11.6. The Bertz CT molecular complexity index is 1230. The third kappa shape index (κ3) is 4.75. The molecule has 11 heteroatoms. The van der Waals surface area contributed by atoms with Gasteiger partial charge in [0.2, 0.25) is 0 Å². The van der Waals surface area contributed by atoms with Crippen LogP contribution >= 0.6 is 46.7 Å². The average Bonchev–Trinajstić information content (AvgIpc) is 3.44. The third-order valence-electron chi connectivity index (χ3n) is 4.22. The molecule has 0 radical (unpaired) electrons. The van der Waals surface area contributed by atoms with Gasteiger partial charge < -0.3 is 5.11 Å². The highest BCUT2D eigenvalue weighted by Gasteiger charge is 2.32. The minimum absolute atomic E-state index is 0.219. The molecule has 1 aliphatic rings. The van der Waals surface area contributed by atoms with Crippen molar-refractivity contribution in [3.8, 4) is 11.1 Å². The minimum atomic E-state index is -0.997. The quantitative estimate of drug-likeness (QED) is 0.355. The van der Waals surface area contributed by atoms with Gasteiger partial charge in [-0.05, 0) is 52.9 Å². The van der Waals surface area contributed by atoms with Crippen molar-refractivity contribution in [1.82, 2.24) is 10.4 Å². The molecule has 1 amide bonds. The van der Waals surface area contributed by atoms with Gasteiger partial charge in [0.25, 0.3) is 5.91 Å². The lowest BCUT2D eigenvalue weighted by Gasteiger charge is -2.14. The highest BCUT2D eigenvalue weighted by molar-refractivity contribution is 8.26. The SMILES string of the molecule is O=C(O)c1ccc(CNN2C(=O)C(=Cc3cc(-c4ccc(F)c(F)c4)cs3)SC2=S)s1. The van der Waals surface area contributed by atoms with Crippen molar-refractivity contribution >= 4 is 68.9 Å². The van der Waals surface area contributed by atoms with Crippen molar-refractivity contribution in [3.05, 3.63) is 72.9 Å². The smallest absolute Gasteiger partial charge is 0.345 e. The Balaban J connectivity index is 1.46. The standard InChI is InChI=1S/C20H12F2N2O3S4/c21-14-3-1-10(6-15(14)22)11-5-13(29-9-11)7-17-18(25)24(20(28)31-17)23-8-12-2-4-16(30-12)19(26)27/h1-7,9,23H,8H2,(H,26,27). The largest absolute Gasteiger partial charge is 0.477 e. The highest BCUT2D eigenvalue weighted by Crippen LogP contribution is 2.34. The van der Waals surface area contributed by atoms with Crippen molar-refractivity contribution in [2.24, 2.45) is 0 Å². The summed E-state index contributed by atoms with van der Waals surface area (Å²) in [5.74, 6) is -3.13. The number of carboxylic acid groups (broad SMARTS) is 1. The van der Waals surface area contributed by atoms with Crippen molar-refractivity contribution in [2.75, 3.05) is 0 Å². The number of carboxylic acids is 1. The van der Waals surface area contributed by atoms with Gasteiger partial charge in [0.05, 0.1) is 11.4 Å². The number of hydrogen-bond donors (Lipinski definition) is 2. The Hall–Kier alpha value is -2.44. The Labute approximate surface area is 193 Å². The van der Waals surface area contributed by atoms with E-state index in [1.807, 2.05) is 0 Å². The molecule has 2 aromatic heterocycles. The second-order valence-electron chi connectivity index (χ2n) is 6.29. The molecule has 0 aliphatic carbocycles. The second-order valence-corrected chi connectivity index (χ2v) is 10.1. The number of rotatable bonds is 6. The summed E-state index contributed by atoms with van der Waals surface area (Å²) in [5.41, 5.74) is 4.19. The Morgan fingerprint density at radius 1 is 1.16 bits per heavy atom. The van der Waals surface area contributed by atoms with E-state index < -0.39 is 17.6 Å². The number of aromatic carboxylic acids is 1. The van der Waals surface area contributed by atoms with E-state index in [1.54, 1.807) is 23.6 Å². The van der Waals surface area contributed by atoms with E-state index in [0.29, 0.717) is 14.8 Å². The predicted molar refractivity (Wildman–Crippen MR) is 123 cm³/mol. The van der Waals surface area contributed by atoms with Crippen LogP contribution in [-0.4, -0.2) is 26.3 Å². The summed E-state index contributed by atoms with van der Waals surface area (Å²) < 4.78 is 27.0. The fourth-order valence-electron chi connectivity index (χ4n) is 2.73. The van der Waals surface area contributed by atoms with Crippen molar-refractivity contribution in [3.63, 3.8) is 0 Å². The van der Waals surface area contributed by atoms with E-state index >= 15 is 0 Å². The molecule has 3 aromatic rings. The second kappa shape index (κ2) is 8.97. The third-order valence-corrected chi connectivity index (χ3v) is 7.48. The first kappa shape index (κ1) is 21.8. The van der Waals surface area contributed by atoms with Crippen LogP contribution in [0.5, 0.6) is 0 Å². The summed E-state index contributed by atoms with van der Waals surface area (Å²) in [4.78, 5) is 25.9. The molecule has 5 nitrogen and oxygen atoms in total. The molecule has 0 unspecified atom stereocenters. The molecule has 1 saturated heterocycles. The van der Waals surface area contributed by atoms with Gasteiger partial charge in [0.15, 0.2) is 16.0 Å². The van der Waals surface area contributed by atoms with Crippen LogP contribution in [0.2, 0.25) is 0 Å². The van der Waals surface area contributed by atoms with Crippen LogP contribution in [0.25, 0.3) is 17.2 Å². The Kier molecular flexibility index (Phi) is 6.30. The number of carbonyl (C=O) groups excluding carboxylic acids is 1. The van der Waals surface area contributed by atoms with Crippen LogP contribution in [0.4, 0.5) is 8.78 Å². The van der Waals surface area contributed by atoms with E-state index in [4.69, 9.17) is 17.3 Å². The summed E-state index contributed by atoms with van der Waals surface area (Å²) in [6.45, 7) is 0.261. The van der Waals surface area contributed by atoms with E-state index in [2.05, 4.69) is 5.43 Å². The highest BCUT2D eigenvalue weighted by atomic mass is 32.2. The fraction of sp³-hybridized carbons (Fsp3) is 0.0500. The molecule has 1 aromatic carbocycles. The molecule has 0 saturated carbocycles. The van der Waals surface area contributed by atoms with Crippen LogP contribution < -0.4 is 5.43 Å².